The Morgan fingerprint density at radius 1 is 0.476 bits per heavy atom. The molecule has 1 heterocycles. The van der Waals surface area contributed by atoms with Crippen LogP contribution in [0, 0.1) is 0 Å². The van der Waals surface area contributed by atoms with Crippen LogP contribution in [0.5, 0.6) is 0 Å². The van der Waals surface area contributed by atoms with Gasteiger partial charge in [-0.2, -0.15) is 0 Å². The molecule has 1 aliphatic heterocycles. The van der Waals surface area contributed by atoms with E-state index in [4.69, 9.17) is 40.5 Å². The minimum atomic E-state index is -5.17. The van der Waals surface area contributed by atoms with E-state index in [-0.39, 0.29) is 76.1 Å². The predicted molar refractivity (Wildman–Crippen MR) is 144 cm³/mol. The van der Waals surface area contributed by atoms with E-state index in [1.807, 2.05) is 19.6 Å². The molecule has 0 saturated carbocycles. The van der Waals surface area contributed by atoms with Gasteiger partial charge in [0.05, 0.1) is 26.2 Å². The van der Waals surface area contributed by atoms with Crippen molar-refractivity contribution in [1.29, 1.82) is 0 Å². The minimum Gasteiger partial charge on any atom is -0.759 e. The Bertz CT molecular complexity index is 709. The van der Waals surface area contributed by atoms with Crippen LogP contribution >= 0.6 is 0 Å². The van der Waals surface area contributed by atoms with Crippen molar-refractivity contribution < 1.29 is 86.6 Å². The van der Waals surface area contributed by atoms with E-state index in [0.29, 0.717) is 65.2 Å². The van der Waals surface area contributed by atoms with Gasteiger partial charge in [0.25, 0.3) is 0 Å². The molecule has 0 aromatic heterocycles. The van der Waals surface area contributed by atoms with E-state index >= 15 is 0 Å². The molecule has 0 atom stereocenters. The second kappa shape index (κ2) is 31.8. The summed E-state index contributed by atoms with van der Waals surface area (Å²) in [4.78, 5) is 53.4. The van der Waals surface area contributed by atoms with E-state index < -0.39 is 34.0 Å². The molecule has 42 heavy (non-hydrogen) atoms. The standard InChI is InChI=1S/C18H36N8O4.Cu.H2O4S.6H2O/c19-15(27)11-23-3-1-4-24(12-16(20)28)8-10-26(14-18(22)30)6-2-5-25(9-7-23)13-17(21)29;;1-5(2,3)4;;;;;;/h1-14H2,(H2,19,27)(H2,20,28)(H2,21,29)(H2,22,30);;(H2,1,2,3,4);6*1H2/q;+2;;;;;;;/p-2. The van der Waals surface area contributed by atoms with Gasteiger partial charge in [-0.1, -0.05) is 0 Å². The fourth-order valence-electron chi connectivity index (χ4n) is 3.56. The summed E-state index contributed by atoms with van der Waals surface area (Å²) in [6.07, 6.45) is 1.40. The minimum absolute atomic E-state index is 0. The fourth-order valence-corrected chi connectivity index (χ4v) is 3.56. The maximum absolute atomic E-state index is 11.4. The molecule has 261 valence electrons. The Morgan fingerprint density at radius 2 is 0.619 bits per heavy atom. The molecule has 4 amide bonds. The third-order valence-corrected chi connectivity index (χ3v) is 4.88. The molecule has 1 radical (unpaired) electrons. The molecule has 1 saturated heterocycles. The van der Waals surface area contributed by atoms with E-state index in [0.717, 1.165) is 0 Å². The summed E-state index contributed by atoms with van der Waals surface area (Å²) in [5.41, 5.74) is 21.5. The summed E-state index contributed by atoms with van der Waals surface area (Å²) < 4.78 is 34.1. The predicted octanol–water partition coefficient (Wildman–Crippen LogP) is -10.4. The molecule has 0 unspecified atom stereocenters. The van der Waals surface area contributed by atoms with Crippen LogP contribution in [0.4, 0.5) is 0 Å². The molecule has 0 aromatic carbocycles. The van der Waals surface area contributed by atoms with Crippen LogP contribution in [0.2, 0.25) is 0 Å². The molecule has 1 fully saturated rings. The zero-order valence-electron chi connectivity index (χ0n) is 23.0. The first-order valence-corrected chi connectivity index (χ1v) is 12.2. The zero-order chi connectivity index (χ0) is 27.0. The Kier molecular flexibility index (Phi) is 44.9. The third-order valence-electron chi connectivity index (χ3n) is 4.88. The van der Waals surface area contributed by atoms with E-state index in [1.165, 1.54) is 0 Å². The quantitative estimate of drug-likeness (QED) is 0.104. The van der Waals surface area contributed by atoms with Crippen molar-refractivity contribution in [3.8, 4) is 0 Å². The van der Waals surface area contributed by atoms with Gasteiger partial charge in [-0.15, -0.1) is 0 Å². The fraction of sp³-hybridized carbons (Fsp3) is 0.778. The number of carbonyl (C=O) groups excluding carboxylic acids is 4. The molecule has 0 spiro atoms. The second-order valence-electron chi connectivity index (χ2n) is 8.09. The Labute approximate surface area is 254 Å². The summed E-state index contributed by atoms with van der Waals surface area (Å²) in [7, 11) is -5.17. The summed E-state index contributed by atoms with van der Waals surface area (Å²) in [6, 6.07) is 0. The van der Waals surface area contributed by atoms with Crippen LogP contribution in [0.15, 0.2) is 0 Å². The van der Waals surface area contributed by atoms with Crippen molar-refractivity contribution in [2.24, 2.45) is 22.9 Å². The van der Waals surface area contributed by atoms with Gasteiger partial charge in [0.2, 0.25) is 23.6 Å². The first-order valence-electron chi connectivity index (χ1n) is 10.8. The summed E-state index contributed by atoms with van der Waals surface area (Å²) >= 11 is 0. The van der Waals surface area contributed by atoms with Crippen LogP contribution in [0.1, 0.15) is 12.8 Å². The summed E-state index contributed by atoms with van der Waals surface area (Å²) in [5.74, 6) is -1.69. The van der Waals surface area contributed by atoms with Gasteiger partial charge >= 0.3 is 17.1 Å². The number of carbonyl (C=O) groups is 4. The van der Waals surface area contributed by atoms with Crippen LogP contribution < -0.4 is 22.9 Å². The number of nitrogens with zero attached hydrogens (tertiary/aromatic N) is 4. The molecule has 24 heteroatoms. The van der Waals surface area contributed by atoms with Crippen molar-refractivity contribution in [3.05, 3.63) is 0 Å². The maximum atomic E-state index is 11.4. The number of rotatable bonds is 8. The summed E-state index contributed by atoms with van der Waals surface area (Å²) in [6.45, 7) is 5.10. The molecule has 0 bridgehead atoms. The Morgan fingerprint density at radius 3 is 0.738 bits per heavy atom. The van der Waals surface area contributed by atoms with Gasteiger partial charge in [-0.3, -0.25) is 47.2 Å². The molecule has 1 aliphatic rings. The van der Waals surface area contributed by atoms with Crippen molar-refractivity contribution in [3.63, 3.8) is 0 Å². The number of nitrogens with two attached hydrogens (primary N) is 4. The third kappa shape index (κ3) is 40.0. The smallest absolute Gasteiger partial charge is 0.759 e. The molecule has 1 rings (SSSR count). The van der Waals surface area contributed by atoms with Gasteiger partial charge in [-0.25, -0.2) is 0 Å². The van der Waals surface area contributed by atoms with Crippen LogP contribution in [-0.2, 0) is 46.6 Å². The van der Waals surface area contributed by atoms with Gasteiger partial charge in [0.15, 0.2) is 0 Å². The normalized spacial score (nSPS) is 15.5. The van der Waals surface area contributed by atoms with Crippen molar-refractivity contribution in [2.45, 2.75) is 12.8 Å². The average Bonchev–Trinajstić information content (AvgIpc) is 2.65. The average molecular weight is 696 g/mol. The Hall–Kier alpha value is -2.13. The SMILES string of the molecule is NC(=O)CN1CCCN(CC(N)=O)CCN(CC(N)=O)CCCN(CC(N)=O)CC1.O.O.O.O.O.O.O=S(=O)([O-])[O-].[Cu+2]. The Balaban J connectivity index is -0.000000148. The second-order valence-corrected chi connectivity index (χ2v) is 8.90. The molecular formula is C18H48CuN8O14S. The van der Waals surface area contributed by atoms with Crippen molar-refractivity contribution in [1.82, 2.24) is 19.6 Å². The first kappa shape index (κ1) is 59.3. The number of hydrogen-bond donors (Lipinski definition) is 4. The van der Waals surface area contributed by atoms with Gasteiger partial charge in [-0.05, 0) is 39.0 Å². The number of hydrogen-bond acceptors (Lipinski definition) is 12. The topological polar surface area (TPSA) is 455 Å². The van der Waals surface area contributed by atoms with Crippen LogP contribution in [0.3, 0.4) is 0 Å². The largest absolute Gasteiger partial charge is 2.00 e. The molecular weight excluding hydrogens is 648 g/mol. The van der Waals surface area contributed by atoms with Gasteiger partial charge in [0, 0.05) is 36.6 Å². The summed E-state index contributed by atoms with van der Waals surface area (Å²) in [5, 5.41) is 0. The van der Waals surface area contributed by atoms with Crippen LogP contribution in [0.25, 0.3) is 0 Å². The molecule has 0 aliphatic carbocycles. The van der Waals surface area contributed by atoms with Crippen LogP contribution in [-0.4, -0.2) is 172 Å². The van der Waals surface area contributed by atoms with E-state index in [2.05, 4.69) is 0 Å². The molecule has 22 nitrogen and oxygen atoms in total. The maximum Gasteiger partial charge on any atom is 2.00 e. The molecule has 20 N–H and O–H groups in total. The zero-order valence-corrected chi connectivity index (χ0v) is 24.7. The van der Waals surface area contributed by atoms with Crippen molar-refractivity contribution in [2.75, 3.05) is 78.5 Å². The van der Waals surface area contributed by atoms with Gasteiger partial charge < -0.3 is 64.9 Å². The first-order chi connectivity index (χ1) is 16.2. The molecule has 0 aromatic rings. The van der Waals surface area contributed by atoms with Gasteiger partial charge in [0.1, 0.15) is 0 Å². The van der Waals surface area contributed by atoms with Crippen molar-refractivity contribution >= 4 is 34.0 Å². The number of amides is 4. The monoisotopic (exact) mass is 695 g/mol. The van der Waals surface area contributed by atoms with E-state index in [1.54, 1.807) is 0 Å². The number of primary amides is 4. The van der Waals surface area contributed by atoms with E-state index in [9.17, 15) is 19.2 Å².